The molecule has 1 aliphatic rings. The first-order valence-electron chi connectivity index (χ1n) is 10.4. The molecule has 6 nitrogen and oxygen atoms in total. The molecule has 0 saturated carbocycles. The van der Waals surface area contributed by atoms with Crippen LogP contribution in [-0.4, -0.2) is 57.4 Å². The first-order valence-corrected chi connectivity index (χ1v) is 10.4. The largest absolute Gasteiger partial charge is 0.493 e. The van der Waals surface area contributed by atoms with Crippen molar-refractivity contribution in [3.05, 3.63) is 65.5 Å². The van der Waals surface area contributed by atoms with Crippen molar-refractivity contribution in [3.8, 4) is 11.5 Å². The lowest BCUT2D eigenvalue weighted by Crippen LogP contribution is -2.43. The average Bonchev–Trinajstić information content (AvgIpc) is 2.79. The molecule has 0 radical (unpaired) electrons. The molecule has 0 spiro atoms. The molecule has 31 heavy (non-hydrogen) atoms. The third kappa shape index (κ3) is 6.54. The van der Waals surface area contributed by atoms with E-state index < -0.39 is 0 Å². The van der Waals surface area contributed by atoms with Crippen LogP contribution in [0.3, 0.4) is 0 Å². The molecule has 1 amide bonds. The van der Waals surface area contributed by atoms with Gasteiger partial charge in [-0.25, -0.2) is 4.39 Å². The Kier molecular flexibility index (Phi) is 8.44. The second kappa shape index (κ2) is 11.5. The minimum atomic E-state index is -0.286. The van der Waals surface area contributed by atoms with Crippen molar-refractivity contribution in [2.24, 2.45) is 0 Å². The fourth-order valence-electron chi connectivity index (χ4n) is 3.55. The summed E-state index contributed by atoms with van der Waals surface area (Å²) in [6, 6.07) is 11.9. The highest BCUT2D eigenvalue weighted by molar-refractivity contribution is 5.91. The molecule has 0 bridgehead atoms. The number of morpholine rings is 1. The van der Waals surface area contributed by atoms with E-state index in [1.165, 1.54) is 18.2 Å². The van der Waals surface area contributed by atoms with Gasteiger partial charge in [-0.15, -0.1) is 0 Å². The zero-order chi connectivity index (χ0) is 22.1. The van der Waals surface area contributed by atoms with Crippen molar-refractivity contribution < 1.29 is 23.4 Å². The predicted octanol–water partition coefficient (Wildman–Crippen LogP) is 3.44. The third-order valence-electron chi connectivity index (χ3n) is 5.10. The van der Waals surface area contributed by atoms with Crippen LogP contribution in [0.4, 0.5) is 4.39 Å². The van der Waals surface area contributed by atoms with Crippen LogP contribution in [0.5, 0.6) is 11.5 Å². The molecule has 1 fully saturated rings. The molecular formula is C24H29FN2O4. The fourth-order valence-corrected chi connectivity index (χ4v) is 3.55. The van der Waals surface area contributed by atoms with Gasteiger partial charge in [0.15, 0.2) is 11.5 Å². The van der Waals surface area contributed by atoms with E-state index in [4.69, 9.17) is 14.2 Å². The summed E-state index contributed by atoms with van der Waals surface area (Å²) in [5.74, 6) is 0.770. The molecule has 2 aromatic carbocycles. The van der Waals surface area contributed by atoms with E-state index in [2.05, 4.69) is 10.2 Å². The summed E-state index contributed by atoms with van der Waals surface area (Å²) in [6.07, 6.45) is 3.20. The SMILES string of the molecule is CCOc1ccc(/C=C/C(=O)NCC(c2cccc(F)c2)N2CCOCC2)cc1OC. The highest BCUT2D eigenvalue weighted by Gasteiger charge is 2.23. The van der Waals surface area contributed by atoms with E-state index in [-0.39, 0.29) is 17.8 Å². The molecule has 7 heteroatoms. The summed E-state index contributed by atoms with van der Waals surface area (Å²) < 4.78 is 30.1. The van der Waals surface area contributed by atoms with Crippen LogP contribution in [0, 0.1) is 5.82 Å². The monoisotopic (exact) mass is 428 g/mol. The van der Waals surface area contributed by atoms with E-state index in [9.17, 15) is 9.18 Å². The summed E-state index contributed by atoms with van der Waals surface area (Å²) >= 11 is 0. The molecule has 3 rings (SSSR count). The lowest BCUT2D eigenvalue weighted by molar-refractivity contribution is -0.116. The number of halogens is 1. The molecule has 1 unspecified atom stereocenters. The number of carbonyl (C=O) groups is 1. The van der Waals surface area contributed by atoms with E-state index in [0.29, 0.717) is 37.9 Å². The quantitative estimate of drug-likeness (QED) is 0.620. The zero-order valence-corrected chi connectivity index (χ0v) is 18.0. The summed E-state index contributed by atoms with van der Waals surface area (Å²) in [5, 5.41) is 2.94. The van der Waals surface area contributed by atoms with Gasteiger partial charge in [0.05, 0.1) is 33.0 Å². The second-order valence-corrected chi connectivity index (χ2v) is 7.14. The van der Waals surface area contributed by atoms with Crippen molar-refractivity contribution in [2.75, 3.05) is 46.6 Å². The van der Waals surface area contributed by atoms with Gasteiger partial charge >= 0.3 is 0 Å². The van der Waals surface area contributed by atoms with Crippen LogP contribution in [-0.2, 0) is 9.53 Å². The van der Waals surface area contributed by atoms with Crippen molar-refractivity contribution in [1.82, 2.24) is 10.2 Å². The van der Waals surface area contributed by atoms with Gasteiger partial charge in [0.1, 0.15) is 5.82 Å². The zero-order valence-electron chi connectivity index (χ0n) is 18.0. The van der Waals surface area contributed by atoms with Crippen molar-refractivity contribution in [3.63, 3.8) is 0 Å². The predicted molar refractivity (Wildman–Crippen MR) is 118 cm³/mol. The minimum absolute atomic E-state index is 0.123. The lowest BCUT2D eigenvalue weighted by Gasteiger charge is -2.34. The Morgan fingerprint density at radius 2 is 2.03 bits per heavy atom. The number of ether oxygens (including phenoxy) is 3. The first-order chi connectivity index (χ1) is 15.1. The maximum Gasteiger partial charge on any atom is 0.244 e. The number of rotatable bonds is 9. The van der Waals surface area contributed by atoms with Crippen LogP contribution in [0.1, 0.15) is 24.1 Å². The fraction of sp³-hybridized carbons (Fsp3) is 0.375. The Balaban J connectivity index is 1.65. The molecule has 0 aliphatic carbocycles. The Morgan fingerprint density at radius 1 is 1.23 bits per heavy atom. The number of methoxy groups -OCH3 is 1. The maximum absolute atomic E-state index is 13.8. The second-order valence-electron chi connectivity index (χ2n) is 7.14. The van der Waals surface area contributed by atoms with E-state index in [1.807, 2.05) is 31.2 Å². The highest BCUT2D eigenvalue weighted by Crippen LogP contribution is 2.28. The number of hydrogen-bond acceptors (Lipinski definition) is 5. The van der Waals surface area contributed by atoms with Crippen LogP contribution in [0.15, 0.2) is 48.5 Å². The lowest BCUT2D eigenvalue weighted by atomic mass is 10.0. The van der Waals surface area contributed by atoms with Crippen LogP contribution < -0.4 is 14.8 Å². The number of nitrogens with one attached hydrogen (secondary N) is 1. The molecule has 166 valence electrons. The third-order valence-corrected chi connectivity index (χ3v) is 5.10. The average molecular weight is 429 g/mol. The van der Waals surface area contributed by atoms with E-state index in [1.54, 1.807) is 19.3 Å². The first kappa shape index (κ1) is 22.8. The van der Waals surface area contributed by atoms with Gasteiger partial charge in [0.2, 0.25) is 5.91 Å². The smallest absolute Gasteiger partial charge is 0.244 e. The Morgan fingerprint density at radius 3 is 2.74 bits per heavy atom. The molecule has 2 aromatic rings. The van der Waals surface area contributed by atoms with Gasteiger partial charge in [-0.2, -0.15) is 0 Å². The topological polar surface area (TPSA) is 60.0 Å². The summed E-state index contributed by atoms with van der Waals surface area (Å²) in [5.41, 5.74) is 1.66. The minimum Gasteiger partial charge on any atom is -0.493 e. The molecule has 0 aromatic heterocycles. The van der Waals surface area contributed by atoms with Gasteiger partial charge in [-0.05, 0) is 48.4 Å². The summed E-state index contributed by atoms with van der Waals surface area (Å²) in [4.78, 5) is 14.7. The number of nitrogens with zero attached hydrogens (tertiary/aromatic N) is 1. The van der Waals surface area contributed by atoms with Gasteiger partial charge in [-0.3, -0.25) is 9.69 Å². The molecule has 1 aliphatic heterocycles. The van der Waals surface area contributed by atoms with Crippen molar-refractivity contribution in [1.29, 1.82) is 0 Å². The van der Waals surface area contributed by atoms with Crippen LogP contribution in [0.2, 0.25) is 0 Å². The number of amides is 1. The van der Waals surface area contributed by atoms with Crippen LogP contribution >= 0.6 is 0 Å². The van der Waals surface area contributed by atoms with Gasteiger partial charge in [0, 0.05) is 25.7 Å². The molecule has 1 N–H and O–H groups in total. The van der Waals surface area contributed by atoms with Gasteiger partial charge in [-0.1, -0.05) is 18.2 Å². The molecular weight excluding hydrogens is 399 g/mol. The molecule has 1 atom stereocenters. The van der Waals surface area contributed by atoms with E-state index in [0.717, 1.165) is 24.2 Å². The maximum atomic E-state index is 13.8. The van der Waals surface area contributed by atoms with E-state index >= 15 is 0 Å². The summed E-state index contributed by atoms with van der Waals surface area (Å²) in [6.45, 7) is 5.55. The van der Waals surface area contributed by atoms with Gasteiger partial charge < -0.3 is 19.5 Å². The van der Waals surface area contributed by atoms with Crippen molar-refractivity contribution >= 4 is 12.0 Å². The normalized spacial score (nSPS) is 15.6. The molecule has 1 saturated heterocycles. The Hall–Kier alpha value is -2.90. The number of carbonyl (C=O) groups excluding carboxylic acids is 1. The number of benzene rings is 2. The Bertz CT molecular complexity index is 897. The standard InChI is InChI=1S/C24H29FN2O4/c1-3-31-22-9-7-18(15-23(22)29-2)8-10-24(28)26-17-21(27-11-13-30-14-12-27)19-5-4-6-20(25)16-19/h4-10,15-16,21H,3,11-14,17H2,1-2H3,(H,26,28)/b10-8+. The number of hydrogen-bond donors (Lipinski definition) is 1. The van der Waals surface area contributed by atoms with Gasteiger partial charge in [0.25, 0.3) is 0 Å². The van der Waals surface area contributed by atoms with Crippen molar-refractivity contribution in [2.45, 2.75) is 13.0 Å². The van der Waals surface area contributed by atoms with Crippen LogP contribution in [0.25, 0.3) is 6.08 Å². The Labute approximate surface area is 182 Å². The summed E-state index contributed by atoms with van der Waals surface area (Å²) in [7, 11) is 1.58. The highest BCUT2D eigenvalue weighted by atomic mass is 19.1. The molecule has 1 heterocycles.